The quantitative estimate of drug-likeness (QED) is 0.924. The van der Waals surface area contributed by atoms with Gasteiger partial charge in [0.1, 0.15) is 0 Å². The molecule has 1 aliphatic rings. The summed E-state index contributed by atoms with van der Waals surface area (Å²) in [4.78, 5) is 14.4. The molecule has 2 unspecified atom stereocenters. The molecular weight excluding hydrogens is 288 g/mol. The third-order valence-corrected chi connectivity index (χ3v) is 4.20. The molecule has 2 rings (SSSR count). The molecule has 0 saturated carbocycles. The van der Waals surface area contributed by atoms with Gasteiger partial charge >= 0.3 is 0 Å². The Bertz CT molecular complexity index is 467. The SMILES string of the molecule is COC1CCN(C(=O)Cc2ccccc2C)C(CN)C1.Cl. The second-order valence-corrected chi connectivity index (χ2v) is 5.46. The number of benzene rings is 1. The highest BCUT2D eigenvalue weighted by atomic mass is 35.5. The molecule has 1 heterocycles. The van der Waals surface area contributed by atoms with Crippen molar-refractivity contribution < 1.29 is 9.53 Å². The maximum atomic E-state index is 12.5. The lowest BCUT2D eigenvalue weighted by Crippen LogP contribution is -2.51. The first-order valence-corrected chi connectivity index (χ1v) is 7.22. The van der Waals surface area contributed by atoms with Gasteiger partial charge in [0.05, 0.1) is 12.5 Å². The second-order valence-electron chi connectivity index (χ2n) is 5.46. The predicted octanol–water partition coefficient (Wildman–Crippen LogP) is 1.92. The summed E-state index contributed by atoms with van der Waals surface area (Å²) in [5, 5.41) is 0. The zero-order valence-electron chi connectivity index (χ0n) is 12.7. The van der Waals surface area contributed by atoms with Crippen LogP contribution in [0.4, 0.5) is 0 Å². The number of carbonyl (C=O) groups is 1. The van der Waals surface area contributed by atoms with E-state index in [1.165, 1.54) is 0 Å². The van der Waals surface area contributed by atoms with Gasteiger partial charge in [0.15, 0.2) is 0 Å². The standard InChI is InChI=1S/C16H24N2O2.ClH/c1-12-5-3-4-6-13(12)9-16(19)18-8-7-15(20-2)10-14(18)11-17;/h3-6,14-15H,7-11,17H2,1-2H3;1H. The molecule has 21 heavy (non-hydrogen) atoms. The zero-order chi connectivity index (χ0) is 14.5. The number of rotatable bonds is 4. The minimum atomic E-state index is 0. The molecule has 0 bridgehead atoms. The third-order valence-electron chi connectivity index (χ3n) is 4.20. The van der Waals surface area contributed by atoms with Gasteiger partial charge in [0.25, 0.3) is 0 Å². The number of nitrogens with two attached hydrogens (primary N) is 1. The van der Waals surface area contributed by atoms with Gasteiger partial charge in [-0.05, 0) is 30.9 Å². The van der Waals surface area contributed by atoms with Crippen LogP contribution in [-0.4, -0.2) is 43.2 Å². The number of ether oxygens (including phenoxy) is 1. The molecule has 5 heteroatoms. The van der Waals surface area contributed by atoms with Crippen LogP contribution in [0, 0.1) is 6.92 Å². The van der Waals surface area contributed by atoms with Crippen LogP contribution in [0.5, 0.6) is 0 Å². The number of methoxy groups -OCH3 is 1. The molecule has 0 spiro atoms. The van der Waals surface area contributed by atoms with Crippen LogP contribution in [0.1, 0.15) is 24.0 Å². The first kappa shape index (κ1) is 18.0. The first-order valence-electron chi connectivity index (χ1n) is 7.22. The fourth-order valence-electron chi connectivity index (χ4n) is 2.85. The van der Waals surface area contributed by atoms with Gasteiger partial charge in [-0.3, -0.25) is 4.79 Å². The smallest absolute Gasteiger partial charge is 0.227 e. The summed E-state index contributed by atoms with van der Waals surface area (Å²) in [7, 11) is 1.73. The summed E-state index contributed by atoms with van der Waals surface area (Å²) >= 11 is 0. The molecule has 0 aliphatic carbocycles. The largest absolute Gasteiger partial charge is 0.381 e. The van der Waals surface area contributed by atoms with Gasteiger partial charge in [-0.15, -0.1) is 12.4 Å². The summed E-state index contributed by atoms with van der Waals surface area (Å²) in [5.41, 5.74) is 8.09. The number of nitrogens with zero attached hydrogens (tertiary/aromatic N) is 1. The molecule has 2 N–H and O–H groups in total. The van der Waals surface area contributed by atoms with Crippen LogP contribution in [0.25, 0.3) is 0 Å². The Morgan fingerprint density at radius 2 is 2.14 bits per heavy atom. The van der Waals surface area contributed by atoms with Gasteiger partial charge in [0.2, 0.25) is 5.91 Å². The highest BCUT2D eigenvalue weighted by molar-refractivity contribution is 5.85. The van der Waals surface area contributed by atoms with Crippen molar-refractivity contribution >= 4 is 18.3 Å². The summed E-state index contributed by atoms with van der Waals surface area (Å²) in [6, 6.07) is 8.14. The van der Waals surface area contributed by atoms with Crippen molar-refractivity contribution in [2.75, 3.05) is 20.2 Å². The summed E-state index contributed by atoms with van der Waals surface area (Å²) in [5.74, 6) is 0.171. The van der Waals surface area contributed by atoms with Gasteiger partial charge in [-0.25, -0.2) is 0 Å². The van der Waals surface area contributed by atoms with Gasteiger partial charge < -0.3 is 15.4 Å². The monoisotopic (exact) mass is 312 g/mol. The van der Waals surface area contributed by atoms with E-state index in [2.05, 4.69) is 0 Å². The number of hydrogen-bond acceptors (Lipinski definition) is 3. The summed E-state index contributed by atoms with van der Waals surface area (Å²) in [6.45, 7) is 3.28. The molecule has 1 aromatic rings. The van der Waals surface area contributed by atoms with E-state index in [0.717, 1.165) is 30.5 Å². The van der Waals surface area contributed by atoms with Crippen LogP contribution < -0.4 is 5.73 Å². The molecule has 1 fully saturated rings. The Morgan fingerprint density at radius 1 is 1.43 bits per heavy atom. The molecular formula is C16H25ClN2O2. The van der Waals surface area contributed by atoms with Crippen molar-refractivity contribution in [1.82, 2.24) is 4.90 Å². The Labute approximate surface area is 133 Å². The molecule has 2 atom stereocenters. The van der Waals surface area contributed by atoms with E-state index in [9.17, 15) is 4.79 Å². The van der Waals surface area contributed by atoms with Crippen molar-refractivity contribution in [1.29, 1.82) is 0 Å². The van der Waals surface area contributed by atoms with E-state index in [4.69, 9.17) is 10.5 Å². The highest BCUT2D eigenvalue weighted by Crippen LogP contribution is 2.20. The summed E-state index contributed by atoms with van der Waals surface area (Å²) < 4.78 is 5.40. The predicted molar refractivity (Wildman–Crippen MR) is 86.7 cm³/mol. The fraction of sp³-hybridized carbons (Fsp3) is 0.562. The lowest BCUT2D eigenvalue weighted by Gasteiger charge is -2.38. The molecule has 118 valence electrons. The van der Waals surface area contributed by atoms with Gasteiger partial charge in [-0.2, -0.15) is 0 Å². The van der Waals surface area contributed by atoms with Crippen molar-refractivity contribution in [3.8, 4) is 0 Å². The van der Waals surface area contributed by atoms with Crippen LogP contribution in [-0.2, 0) is 16.0 Å². The van der Waals surface area contributed by atoms with Crippen molar-refractivity contribution in [3.05, 3.63) is 35.4 Å². The average molecular weight is 313 g/mol. The zero-order valence-corrected chi connectivity index (χ0v) is 13.6. The number of piperidine rings is 1. The lowest BCUT2D eigenvalue weighted by molar-refractivity contribution is -0.136. The van der Waals surface area contributed by atoms with Crippen LogP contribution in [0.2, 0.25) is 0 Å². The molecule has 1 aromatic carbocycles. The minimum Gasteiger partial charge on any atom is -0.381 e. The van der Waals surface area contributed by atoms with Crippen LogP contribution >= 0.6 is 12.4 Å². The number of aryl methyl sites for hydroxylation is 1. The normalized spacial score (nSPS) is 21.8. The number of halogens is 1. The second kappa shape index (κ2) is 8.37. The number of likely N-dealkylation sites (tertiary alicyclic amines) is 1. The highest BCUT2D eigenvalue weighted by Gasteiger charge is 2.30. The van der Waals surface area contributed by atoms with Crippen LogP contribution in [0.15, 0.2) is 24.3 Å². The Hall–Kier alpha value is -1.10. The molecule has 4 nitrogen and oxygen atoms in total. The molecule has 1 aliphatic heterocycles. The minimum absolute atomic E-state index is 0. The number of carbonyl (C=O) groups excluding carboxylic acids is 1. The molecule has 1 saturated heterocycles. The maximum absolute atomic E-state index is 12.5. The Morgan fingerprint density at radius 3 is 2.76 bits per heavy atom. The van der Waals surface area contributed by atoms with Crippen LogP contribution in [0.3, 0.4) is 0 Å². The maximum Gasteiger partial charge on any atom is 0.227 e. The summed E-state index contributed by atoms with van der Waals surface area (Å²) in [6.07, 6.45) is 2.42. The topological polar surface area (TPSA) is 55.6 Å². The third kappa shape index (κ3) is 4.43. The number of amides is 1. The van der Waals surface area contributed by atoms with E-state index in [0.29, 0.717) is 13.0 Å². The Kier molecular flexibility index (Phi) is 7.15. The van der Waals surface area contributed by atoms with Crippen molar-refractivity contribution in [2.24, 2.45) is 5.73 Å². The van der Waals surface area contributed by atoms with Gasteiger partial charge in [-0.1, -0.05) is 24.3 Å². The van der Waals surface area contributed by atoms with E-state index in [-0.39, 0.29) is 30.5 Å². The first-order chi connectivity index (χ1) is 9.65. The van der Waals surface area contributed by atoms with Crippen molar-refractivity contribution in [3.63, 3.8) is 0 Å². The fourth-order valence-corrected chi connectivity index (χ4v) is 2.85. The van der Waals surface area contributed by atoms with E-state index in [1.807, 2.05) is 36.1 Å². The average Bonchev–Trinajstić information content (AvgIpc) is 2.48. The lowest BCUT2D eigenvalue weighted by atomic mass is 9.97. The number of hydrogen-bond donors (Lipinski definition) is 1. The van der Waals surface area contributed by atoms with E-state index < -0.39 is 0 Å². The van der Waals surface area contributed by atoms with E-state index in [1.54, 1.807) is 7.11 Å². The van der Waals surface area contributed by atoms with Gasteiger partial charge in [0, 0.05) is 26.2 Å². The van der Waals surface area contributed by atoms with E-state index >= 15 is 0 Å². The molecule has 0 aromatic heterocycles. The Balaban J connectivity index is 0.00000220. The van der Waals surface area contributed by atoms with Crippen molar-refractivity contribution in [2.45, 2.75) is 38.3 Å². The molecule has 1 amide bonds. The molecule has 0 radical (unpaired) electrons.